The van der Waals surface area contributed by atoms with E-state index in [0.29, 0.717) is 23.9 Å². The first kappa shape index (κ1) is 24.5. The third-order valence-corrected chi connectivity index (χ3v) is 5.56. The summed E-state index contributed by atoms with van der Waals surface area (Å²) in [6.07, 6.45) is 7.22. The standard InChI is InChI=1S/C19H33N3O.2ClH/c1-5-11-22(12-6-2)17(15(3)4)14-21-18(23)16-13-19(16)7-9-20-10-8-19;;/h5-6,15-17,20H,1-2,7-14H2,3-4H3,(H,21,23);2*1H. The topological polar surface area (TPSA) is 44.4 Å². The van der Waals surface area contributed by atoms with Crippen molar-refractivity contribution in [1.82, 2.24) is 15.5 Å². The highest BCUT2D eigenvalue weighted by atomic mass is 35.5. The summed E-state index contributed by atoms with van der Waals surface area (Å²) in [7, 11) is 0. The third-order valence-electron chi connectivity index (χ3n) is 5.56. The lowest BCUT2D eigenvalue weighted by Gasteiger charge is -2.33. The Balaban J connectivity index is 0.00000288. The highest BCUT2D eigenvalue weighted by Crippen LogP contribution is 2.58. The molecule has 1 aliphatic heterocycles. The summed E-state index contributed by atoms with van der Waals surface area (Å²) in [4.78, 5) is 14.9. The van der Waals surface area contributed by atoms with E-state index in [1.54, 1.807) is 0 Å². The molecule has 1 aliphatic carbocycles. The van der Waals surface area contributed by atoms with E-state index in [-0.39, 0.29) is 36.6 Å². The molecular formula is C19H35Cl2N3O. The summed E-state index contributed by atoms with van der Waals surface area (Å²) < 4.78 is 0. The molecule has 0 bridgehead atoms. The molecule has 0 aromatic carbocycles. The van der Waals surface area contributed by atoms with Gasteiger partial charge in [0, 0.05) is 31.6 Å². The predicted molar refractivity (Wildman–Crippen MR) is 111 cm³/mol. The molecule has 1 spiro atoms. The molecule has 2 N–H and O–H groups in total. The molecular weight excluding hydrogens is 357 g/mol. The Morgan fingerprint density at radius 1 is 1.24 bits per heavy atom. The van der Waals surface area contributed by atoms with Gasteiger partial charge in [-0.1, -0.05) is 26.0 Å². The van der Waals surface area contributed by atoms with Gasteiger partial charge < -0.3 is 10.6 Å². The van der Waals surface area contributed by atoms with E-state index in [2.05, 4.69) is 42.5 Å². The van der Waals surface area contributed by atoms with Gasteiger partial charge in [-0.25, -0.2) is 0 Å². The van der Waals surface area contributed by atoms with Crippen LogP contribution < -0.4 is 10.6 Å². The molecule has 1 heterocycles. The number of nitrogens with zero attached hydrogens (tertiary/aromatic N) is 1. The smallest absolute Gasteiger partial charge is 0.223 e. The Morgan fingerprint density at radius 3 is 2.28 bits per heavy atom. The summed E-state index contributed by atoms with van der Waals surface area (Å²) in [5, 5.41) is 6.62. The minimum absolute atomic E-state index is 0. The highest BCUT2D eigenvalue weighted by molar-refractivity contribution is 5.85. The molecule has 2 aliphatic rings. The van der Waals surface area contributed by atoms with Crippen molar-refractivity contribution in [3.05, 3.63) is 25.3 Å². The first-order chi connectivity index (χ1) is 11.0. The van der Waals surface area contributed by atoms with Crippen LogP contribution in [-0.2, 0) is 4.79 Å². The van der Waals surface area contributed by atoms with Gasteiger partial charge in [-0.2, -0.15) is 0 Å². The number of hydrogen-bond acceptors (Lipinski definition) is 3. The van der Waals surface area contributed by atoms with Crippen molar-refractivity contribution >= 4 is 30.7 Å². The normalized spacial score (nSPS) is 21.8. The Labute approximate surface area is 165 Å². The van der Waals surface area contributed by atoms with E-state index in [1.165, 1.54) is 0 Å². The van der Waals surface area contributed by atoms with E-state index >= 15 is 0 Å². The van der Waals surface area contributed by atoms with Crippen LogP contribution in [0.3, 0.4) is 0 Å². The number of carbonyl (C=O) groups is 1. The van der Waals surface area contributed by atoms with Gasteiger partial charge in [0.05, 0.1) is 0 Å². The molecule has 1 saturated heterocycles. The monoisotopic (exact) mass is 391 g/mol. The third kappa shape index (κ3) is 6.28. The summed E-state index contributed by atoms with van der Waals surface area (Å²) in [5.41, 5.74) is 0.310. The van der Waals surface area contributed by atoms with Gasteiger partial charge in [-0.3, -0.25) is 9.69 Å². The largest absolute Gasteiger partial charge is 0.354 e. The van der Waals surface area contributed by atoms with Gasteiger partial charge in [0.25, 0.3) is 0 Å². The van der Waals surface area contributed by atoms with Crippen LogP contribution in [0.25, 0.3) is 0 Å². The van der Waals surface area contributed by atoms with Gasteiger partial charge in [0.15, 0.2) is 0 Å². The number of halogens is 2. The fourth-order valence-corrected chi connectivity index (χ4v) is 3.99. The van der Waals surface area contributed by atoms with Crippen molar-refractivity contribution in [2.45, 2.75) is 39.2 Å². The number of piperidine rings is 1. The first-order valence-corrected chi connectivity index (χ1v) is 8.98. The van der Waals surface area contributed by atoms with Gasteiger partial charge in [0.2, 0.25) is 5.91 Å². The maximum atomic E-state index is 12.6. The molecule has 4 nitrogen and oxygen atoms in total. The minimum Gasteiger partial charge on any atom is -0.354 e. The molecule has 6 heteroatoms. The van der Waals surface area contributed by atoms with Crippen molar-refractivity contribution in [3.63, 3.8) is 0 Å². The molecule has 2 fully saturated rings. The van der Waals surface area contributed by atoms with Crippen LogP contribution in [-0.4, -0.2) is 49.6 Å². The van der Waals surface area contributed by atoms with E-state index in [1.807, 2.05) is 12.2 Å². The molecule has 0 aromatic rings. The second-order valence-electron chi connectivity index (χ2n) is 7.46. The van der Waals surface area contributed by atoms with Crippen LogP contribution in [0.1, 0.15) is 33.1 Å². The fourth-order valence-electron chi connectivity index (χ4n) is 3.99. The van der Waals surface area contributed by atoms with Crippen LogP contribution in [0.15, 0.2) is 25.3 Å². The Morgan fingerprint density at radius 2 is 1.80 bits per heavy atom. The SMILES string of the molecule is C=CCN(CC=C)C(CNC(=O)C1CC12CCNCC2)C(C)C.Cl.Cl. The maximum absolute atomic E-state index is 12.6. The Kier molecular flexibility index (Phi) is 11.0. The van der Waals surface area contributed by atoms with Gasteiger partial charge in [-0.05, 0) is 43.7 Å². The number of nitrogens with one attached hydrogen (secondary N) is 2. The van der Waals surface area contributed by atoms with E-state index in [0.717, 1.165) is 45.4 Å². The zero-order chi connectivity index (χ0) is 16.9. The average molecular weight is 392 g/mol. The summed E-state index contributed by atoms with van der Waals surface area (Å²) in [6.45, 7) is 16.6. The quantitative estimate of drug-likeness (QED) is 0.593. The number of hydrogen-bond donors (Lipinski definition) is 2. The molecule has 0 radical (unpaired) electrons. The summed E-state index contributed by atoms with van der Waals surface area (Å²) in [6, 6.07) is 0.317. The molecule has 1 amide bonds. The van der Waals surface area contributed by atoms with Crippen molar-refractivity contribution in [3.8, 4) is 0 Å². The second-order valence-corrected chi connectivity index (χ2v) is 7.46. The molecule has 146 valence electrons. The fraction of sp³-hybridized carbons (Fsp3) is 0.737. The van der Waals surface area contributed by atoms with Gasteiger partial charge >= 0.3 is 0 Å². The van der Waals surface area contributed by atoms with E-state index in [9.17, 15) is 4.79 Å². The molecule has 2 atom stereocenters. The minimum atomic E-state index is 0. The van der Waals surface area contributed by atoms with Crippen LogP contribution in [0, 0.1) is 17.3 Å². The summed E-state index contributed by atoms with van der Waals surface area (Å²) in [5.74, 6) is 0.974. The number of carbonyl (C=O) groups excluding carboxylic acids is 1. The zero-order valence-electron chi connectivity index (χ0n) is 15.6. The van der Waals surface area contributed by atoms with Gasteiger partial charge in [-0.15, -0.1) is 38.0 Å². The van der Waals surface area contributed by atoms with E-state index in [4.69, 9.17) is 0 Å². The Hall–Kier alpha value is -0.550. The predicted octanol–water partition coefficient (Wildman–Crippen LogP) is 3.03. The van der Waals surface area contributed by atoms with Crippen LogP contribution in [0.5, 0.6) is 0 Å². The number of rotatable bonds is 9. The Bertz CT molecular complexity index is 426. The molecule has 25 heavy (non-hydrogen) atoms. The lowest BCUT2D eigenvalue weighted by atomic mass is 9.91. The van der Waals surface area contributed by atoms with Crippen molar-refractivity contribution in [2.75, 3.05) is 32.7 Å². The molecule has 2 unspecified atom stereocenters. The van der Waals surface area contributed by atoms with Crippen molar-refractivity contribution in [1.29, 1.82) is 0 Å². The molecule has 2 rings (SSSR count). The van der Waals surface area contributed by atoms with Crippen molar-refractivity contribution in [2.24, 2.45) is 17.3 Å². The lowest BCUT2D eigenvalue weighted by Crippen LogP contribution is -2.47. The lowest BCUT2D eigenvalue weighted by molar-refractivity contribution is -0.123. The van der Waals surface area contributed by atoms with Crippen LogP contribution >= 0.6 is 24.8 Å². The molecule has 0 aromatic heterocycles. The van der Waals surface area contributed by atoms with E-state index < -0.39 is 0 Å². The van der Waals surface area contributed by atoms with Crippen LogP contribution in [0.2, 0.25) is 0 Å². The summed E-state index contributed by atoms with van der Waals surface area (Å²) >= 11 is 0. The second kappa shape index (κ2) is 11.2. The highest BCUT2D eigenvalue weighted by Gasteiger charge is 2.57. The van der Waals surface area contributed by atoms with Gasteiger partial charge in [0.1, 0.15) is 0 Å². The van der Waals surface area contributed by atoms with Crippen LogP contribution in [0.4, 0.5) is 0 Å². The maximum Gasteiger partial charge on any atom is 0.223 e. The number of amides is 1. The first-order valence-electron chi connectivity index (χ1n) is 8.98. The average Bonchev–Trinajstić information content (AvgIpc) is 3.21. The van der Waals surface area contributed by atoms with Crippen molar-refractivity contribution < 1.29 is 4.79 Å². The molecule has 1 saturated carbocycles. The zero-order valence-corrected chi connectivity index (χ0v) is 17.3.